The predicted molar refractivity (Wildman–Crippen MR) is 85.5 cm³/mol. The number of nitrogens with one attached hydrogen (secondary N) is 1. The molecule has 7 heteroatoms. The average Bonchev–Trinajstić information content (AvgIpc) is 2.48. The van der Waals surface area contributed by atoms with E-state index < -0.39 is 6.04 Å². The second kappa shape index (κ2) is 6.77. The molecular weight excluding hydrogens is 358 g/mol. The van der Waals surface area contributed by atoms with Gasteiger partial charge in [-0.05, 0) is 34.1 Å². The molecule has 1 N–H and O–H groups in total. The van der Waals surface area contributed by atoms with E-state index in [1.165, 1.54) is 4.90 Å². The first-order chi connectivity index (χ1) is 9.91. The number of carbonyl (C=O) groups excluding carboxylic acids is 2. The summed E-state index contributed by atoms with van der Waals surface area (Å²) < 4.78 is 0.667. The van der Waals surface area contributed by atoms with Crippen LogP contribution in [0.5, 0.6) is 0 Å². The molecule has 0 bridgehead atoms. The van der Waals surface area contributed by atoms with Crippen molar-refractivity contribution in [3.05, 3.63) is 33.3 Å². The number of hydrogen-bond acceptors (Lipinski definition) is 3. The standard InChI is InChI=1S/C14H17BrClN3O2/c1-18(2)14(21)12-8-17-5-6-19(12)13(20)9-3-4-11(16)10(15)7-9/h3-4,7,12,17H,5-6,8H2,1-2H3. The first-order valence-electron chi connectivity index (χ1n) is 6.59. The lowest BCUT2D eigenvalue weighted by molar-refractivity contribution is -0.134. The number of benzene rings is 1. The van der Waals surface area contributed by atoms with Gasteiger partial charge in [0.1, 0.15) is 6.04 Å². The Kier molecular flexibility index (Phi) is 5.24. The maximum atomic E-state index is 12.7. The van der Waals surface area contributed by atoms with Crippen LogP contribution >= 0.6 is 27.5 Å². The summed E-state index contributed by atoms with van der Waals surface area (Å²) in [6, 6.07) is 4.55. The quantitative estimate of drug-likeness (QED) is 0.855. The Morgan fingerprint density at radius 1 is 1.43 bits per heavy atom. The van der Waals surface area contributed by atoms with Gasteiger partial charge in [-0.15, -0.1) is 0 Å². The molecule has 1 unspecified atom stereocenters. The van der Waals surface area contributed by atoms with E-state index in [2.05, 4.69) is 21.2 Å². The Morgan fingerprint density at radius 2 is 2.14 bits per heavy atom. The Labute approximate surface area is 137 Å². The third kappa shape index (κ3) is 3.56. The smallest absolute Gasteiger partial charge is 0.254 e. The zero-order valence-electron chi connectivity index (χ0n) is 11.9. The van der Waals surface area contributed by atoms with Crippen molar-refractivity contribution < 1.29 is 9.59 Å². The van der Waals surface area contributed by atoms with Gasteiger partial charge in [0.2, 0.25) is 5.91 Å². The first-order valence-corrected chi connectivity index (χ1v) is 7.77. The summed E-state index contributed by atoms with van der Waals surface area (Å²) in [4.78, 5) is 28.0. The van der Waals surface area contributed by atoms with Gasteiger partial charge >= 0.3 is 0 Å². The Morgan fingerprint density at radius 3 is 2.76 bits per heavy atom. The van der Waals surface area contributed by atoms with Crippen LogP contribution in [0.3, 0.4) is 0 Å². The van der Waals surface area contributed by atoms with Crippen molar-refractivity contribution in [1.29, 1.82) is 0 Å². The maximum Gasteiger partial charge on any atom is 0.254 e. The van der Waals surface area contributed by atoms with Gasteiger partial charge in [0.15, 0.2) is 0 Å². The predicted octanol–water partition coefficient (Wildman–Crippen LogP) is 1.60. The van der Waals surface area contributed by atoms with Gasteiger partial charge in [-0.3, -0.25) is 9.59 Å². The molecule has 2 amide bonds. The van der Waals surface area contributed by atoms with Crippen LogP contribution in [0.15, 0.2) is 22.7 Å². The van der Waals surface area contributed by atoms with Crippen LogP contribution in [-0.2, 0) is 4.79 Å². The van der Waals surface area contributed by atoms with Crippen LogP contribution < -0.4 is 5.32 Å². The van der Waals surface area contributed by atoms with Gasteiger partial charge in [-0.25, -0.2) is 0 Å². The topological polar surface area (TPSA) is 52.7 Å². The van der Waals surface area contributed by atoms with Crippen LogP contribution in [0.1, 0.15) is 10.4 Å². The molecule has 0 saturated carbocycles. The lowest BCUT2D eigenvalue weighted by Gasteiger charge is -2.36. The fraction of sp³-hybridized carbons (Fsp3) is 0.429. The monoisotopic (exact) mass is 373 g/mol. The van der Waals surface area contributed by atoms with Crippen molar-refractivity contribution in [2.45, 2.75) is 6.04 Å². The SMILES string of the molecule is CN(C)C(=O)C1CNCCN1C(=O)c1ccc(Cl)c(Br)c1. The molecule has 2 rings (SSSR count). The summed E-state index contributed by atoms with van der Waals surface area (Å²) in [6.45, 7) is 1.65. The molecule has 5 nitrogen and oxygen atoms in total. The van der Waals surface area contributed by atoms with Crippen molar-refractivity contribution in [2.75, 3.05) is 33.7 Å². The van der Waals surface area contributed by atoms with Crippen LogP contribution in [0, 0.1) is 0 Å². The molecule has 114 valence electrons. The maximum absolute atomic E-state index is 12.7. The molecule has 1 aromatic carbocycles. The Bertz CT molecular complexity index is 565. The van der Waals surface area contributed by atoms with Crippen LogP contribution in [-0.4, -0.2) is 61.4 Å². The van der Waals surface area contributed by atoms with E-state index >= 15 is 0 Å². The molecule has 0 spiro atoms. The number of carbonyl (C=O) groups is 2. The van der Waals surface area contributed by atoms with Crippen molar-refractivity contribution >= 4 is 39.3 Å². The van der Waals surface area contributed by atoms with E-state index in [-0.39, 0.29) is 11.8 Å². The molecule has 1 heterocycles. The van der Waals surface area contributed by atoms with Gasteiger partial charge < -0.3 is 15.1 Å². The zero-order chi connectivity index (χ0) is 15.6. The molecule has 1 aliphatic rings. The van der Waals surface area contributed by atoms with Crippen molar-refractivity contribution in [3.8, 4) is 0 Å². The summed E-state index contributed by atoms with van der Waals surface area (Å²) in [5, 5.41) is 3.70. The van der Waals surface area contributed by atoms with E-state index in [1.54, 1.807) is 37.2 Å². The number of hydrogen-bond donors (Lipinski definition) is 1. The highest BCUT2D eigenvalue weighted by Crippen LogP contribution is 2.24. The normalized spacial score (nSPS) is 18.5. The molecule has 1 aromatic rings. The van der Waals surface area contributed by atoms with E-state index in [9.17, 15) is 9.59 Å². The number of piperazine rings is 1. The highest BCUT2D eigenvalue weighted by atomic mass is 79.9. The number of likely N-dealkylation sites (N-methyl/N-ethyl adjacent to an activating group) is 1. The van der Waals surface area contributed by atoms with Gasteiger partial charge in [0.25, 0.3) is 5.91 Å². The molecule has 1 fully saturated rings. The molecule has 0 aliphatic carbocycles. The molecule has 0 aromatic heterocycles. The second-order valence-corrected chi connectivity index (χ2v) is 6.34. The van der Waals surface area contributed by atoms with E-state index in [1.807, 2.05) is 0 Å². The Hall–Kier alpha value is -1.11. The van der Waals surface area contributed by atoms with Crippen LogP contribution in [0.25, 0.3) is 0 Å². The van der Waals surface area contributed by atoms with E-state index in [0.29, 0.717) is 34.7 Å². The lowest BCUT2D eigenvalue weighted by atomic mass is 10.1. The molecule has 0 radical (unpaired) electrons. The summed E-state index contributed by atoms with van der Waals surface area (Å²) in [5.74, 6) is -0.238. The zero-order valence-corrected chi connectivity index (χ0v) is 14.2. The van der Waals surface area contributed by atoms with Crippen LogP contribution in [0.4, 0.5) is 0 Å². The summed E-state index contributed by atoms with van der Waals surface area (Å²) in [6.07, 6.45) is 0. The minimum atomic E-state index is -0.476. The molecule has 1 aliphatic heterocycles. The highest BCUT2D eigenvalue weighted by molar-refractivity contribution is 9.10. The fourth-order valence-corrected chi connectivity index (χ4v) is 2.76. The highest BCUT2D eigenvalue weighted by Gasteiger charge is 2.33. The average molecular weight is 375 g/mol. The van der Waals surface area contributed by atoms with Gasteiger partial charge in [-0.1, -0.05) is 11.6 Å². The molecule has 1 saturated heterocycles. The third-order valence-electron chi connectivity index (χ3n) is 3.40. The number of amides is 2. The number of rotatable bonds is 2. The second-order valence-electron chi connectivity index (χ2n) is 5.08. The van der Waals surface area contributed by atoms with Gasteiger partial charge in [0.05, 0.1) is 5.02 Å². The van der Waals surface area contributed by atoms with Crippen molar-refractivity contribution in [3.63, 3.8) is 0 Å². The first kappa shape index (κ1) is 16.3. The van der Waals surface area contributed by atoms with Crippen molar-refractivity contribution in [1.82, 2.24) is 15.1 Å². The van der Waals surface area contributed by atoms with E-state index in [0.717, 1.165) is 0 Å². The minimum absolute atomic E-state index is 0.0800. The number of nitrogens with zero attached hydrogens (tertiary/aromatic N) is 2. The van der Waals surface area contributed by atoms with E-state index in [4.69, 9.17) is 11.6 Å². The molecular formula is C14H17BrClN3O2. The molecule has 21 heavy (non-hydrogen) atoms. The minimum Gasteiger partial charge on any atom is -0.347 e. The summed E-state index contributed by atoms with van der Waals surface area (Å²) in [5.41, 5.74) is 0.518. The largest absolute Gasteiger partial charge is 0.347 e. The third-order valence-corrected chi connectivity index (χ3v) is 4.61. The number of halogens is 2. The van der Waals surface area contributed by atoms with Crippen LogP contribution in [0.2, 0.25) is 5.02 Å². The Balaban J connectivity index is 2.26. The van der Waals surface area contributed by atoms with Gasteiger partial charge in [0, 0.05) is 43.8 Å². The van der Waals surface area contributed by atoms with Crippen molar-refractivity contribution in [2.24, 2.45) is 0 Å². The fourth-order valence-electron chi connectivity index (χ4n) is 2.26. The summed E-state index contributed by atoms with van der Waals surface area (Å²) >= 11 is 9.26. The molecule has 1 atom stereocenters. The summed E-state index contributed by atoms with van der Waals surface area (Å²) in [7, 11) is 3.39. The van der Waals surface area contributed by atoms with Gasteiger partial charge in [-0.2, -0.15) is 0 Å². The lowest BCUT2D eigenvalue weighted by Crippen LogP contribution is -2.59.